The first kappa shape index (κ1) is 22.5. The van der Waals surface area contributed by atoms with E-state index in [1.54, 1.807) is 48.5 Å². The summed E-state index contributed by atoms with van der Waals surface area (Å²) in [6.07, 6.45) is 0. The fourth-order valence-electron chi connectivity index (χ4n) is 3.70. The average molecular weight is 464 g/mol. The van der Waals surface area contributed by atoms with Gasteiger partial charge >= 0.3 is 0 Å². The quantitative estimate of drug-likeness (QED) is 0.624. The van der Waals surface area contributed by atoms with E-state index in [1.165, 1.54) is 17.0 Å². The zero-order valence-electron chi connectivity index (χ0n) is 18.7. The first-order chi connectivity index (χ1) is 15.7. The van der Waals surface area contributed by atoms with Crippen LogP contribution in [-0.2, 0) is 19.6 Å². The van der Waals surface area contributed by atoms with Gasteiger partial charge in [-0.05, 0) is 68.3 Å². The van der Waals surface area contributed by atoms with E-state index in [-0.39, 0.29) is 17.3 Å². The van der Waals surface area contributed by atoms with Crippen LogP contribution in [0.1, 0.15) is 16.7 Å². The highest BCUT2D eigenvalue weighted by molar-refractivity contribution is 7.92. The van der Waals surface area contributed by atoms with Gasteiger partial charge < -0.3 is 5.32 Å². The van der Waals surface area contributed by atoms with Gasteiger partial charge in [0.15, 0.2) is 0 Å². The highest BCUT2D eigenvalue weighted by Crippen LogP contribution is 2.31. The number of aryl methyl sites for hydroxylation is 3. The third-order valence-electron chi connectivity index (χ3n) is 5.74. The first-order valence-corrected chi connectivity index (χ1v) is 12.0. The Balaban J connectivity index is 1.76. The maximum absolute atomic E-state index is 13.6. The molecule has 3 aromatic carbocycles. The van der Waals surface area contributed by atoms with Crippen LogP contribution in [0.5, 0.6) is 0 Å². The number of nitrogens with one attached hydrogen (secondary N) is 1. The molecule has 0 atom stereocenters. The number of hydrogen-bond acceptors (Lipinski definition) is 4. The Labute approximate surface area is 193 Å². The van der Waals surface area contributed by atoms with Crippen LogP contribution in [0.15, 0.2) is 71.6 Å². The number of fused-ring (bicyclic) bond motifs is 1. The summed E-state index contributed by atoms with van der Waals surface area (Å²) < 4.78 is 28.4. The molecule has 33 heavy (non-hydrogen) atoms. The first-order valence-electron chi connectivity index (χ1n) is 10.5. The molecule has 1 N–H and O–H groups in total. The molecule has 0 bridgehead atoms. The summed E-state index contributed by atoms with van der Waals surface area (Å²) in [5.41, 5.74) is 4.29. The number of para-hydroxylation sites is 2. The van der Waals surface area contributed by atoms with Crippen LogP contribution in [0.4, 0.5) is 17.1 Å². The van der Waals surface area contributed by atoms with E-state index in [0.29, 0.717) is 17.1 Å². The number of rotatable bonds is 5. The second-order valence-corrected chi connectivity index (χ2v) is 10.0. The zero-order chi connectivity index (χ0) is 23.8. The van der Waals surface area contributed by atoms with Gasteiger partial charge in [0.2, 0.25) is 11.8 Å². The Morgan fingerprint density at radius 2 is 1.67 bits per heavy atom. The van der Waals surface area contributed by atoms with Gasteiger partial charge in [-0.1, -0.05) is 35.9 Å². The van der Waals surface area contributed by atoms with Crippen molar-refractivity contribution in [1.29, 1.82) is 0 Å². The van der Waals surface area contributed by atoms with Gasteiger partial charge in [-0.25, -0.2) is 8.42 Å². The highest BCUT2D eigenvalue weighted by Gasteiger charge is 2.32. The molecule has 0 fully saturated rings. The van der Waals surface area contributed by atoms with Gasteiger partial charge in [0, 0.05) is 0 Å². The molecule has 0 radical (unpaired) electrons. The summed E-state index contributed by atoms with van der Waals surface area (Å²) >= 11 is 0. The average Bonchev–Trinajstić information content (AvgIpc) is 2.79. The summed E-state index contributed by atoms with van der Waals surface area (Å²) in [5, 5.41) is 2.74. The van der Waals surface area contributed by atoms with Crippen LogP contribution in [0.3, 0.4) is 0 Å². The third kappa shape index (κ3) is 4.47. The molecule has 3 aromatic rings. The van der Waals surface area contributed by atoms with Crippen LogP contribution >= 0.6 is 0 Å². The number of amides is 2. The van der Waals surface area contributed by atoms with E-state index in [4.69, 9.17) is 0 Å². The predicted octanol–water partition coefficient (Wildman–Crippen LogP) is 3.79. The Bertz CT molecular complexity index is 1330. The largest absolute Gasteiger partial charge is 0.323 e. The van der Waals surface area contributed by atoms with Gasteiger partial charge in [-0.3, -0.25) is 18.8 Å². The Kier molecular flexibility index (Phi) is 5.95. The Hall–Kier alpha value is -3.65. The summed E-state index contributed by atoms with van der Waals surface area (Å²) in [4.78, 5) is 27.0. The van der Waals surface area contributed by atoms with Crippen LogP contribution in [0.25, 0.3) is 0 Å². The van der Waals surface area contributed by atoms with Crippen molar-refractivity contribution < 1.29 is 18.0 Å². The van der Waals surface area contributed by atoms with Crippen molar-refractivity contribution in [1.82, 2.24) is 0 Å². The van der Waals surface area contributed by atoms with Gasteiger partial charge in [0.05, 0.1) is 22.0 Å². The number of sulfonamides is 1. The summed E-state index contributed by atoms with van der Waals surface area (Å²) in [6, 6.07) is 18.7. The van der Waals surface area contributed by atoms with Crippen molar-refractivity contribution in [3.8, 4) is 0 Å². The minimum absolute atomic E-state index is 0.0934. The molecule has 0 aliphatic carbocycles. The lowest BCUT2D eigenvalue weighted by molar-refractivity contribution is -0.121. The van der Waals surface area contributed by atoms with Gasteiger partial charge in [-0.2, -0.15) is 0 Å². The van der Waals surface area contributed by atoms with Gasteiger partial charge in [0.25, 0.3) is 10.0 Å². The molecule has 4 rings (SSSR count). The van der Waals surface area contributed by atoms with E-state index in [9.17, 15) is 18.0 Å². The lowest BCUT2D eigenvalue weighted by atomic mass is 10.1. The van der Waals surface area contributed by atoms with Crippen LogP contribution < -0.4 is 14.5 Å². The van der Waals surface area contributed by atoms with Gasteiger partial charge in [-0.15, -0.1) is 0 Å². The van der Waals surface area contributed by atoms with Crippen molar-refractivity contribution in [3.05, 3.63) is 83.4 Å². The molecule has 1 aliphatic rings. The topological polar surface area (TPSA) is 86.8 Å². The standard InChI is InChI=1S/C25H25N3O4S/c1-17-8-12-21(13-9-17)33(31,32)28(20-11-10-18(2)19(3)14-20)16-25(30)27-15-24(29)26-22-6-4-5-7-23(22)27/h4-14H,15-16H2,1-3H3,(H,26,29). The lowest BCUT2D eigenvalue weighted by Gasteiger charge is -2.32. The summed E-state index contributed by atoms with van der Waals surface area (Å²) in [6.45, 7) is 5.08. The predicted molar refractivity (Wildman–Crippen MR) is 129 cm³/mol. The van der Waals surface area contributed by atoms with E-state index >= 15 is 0 Å². The maximum atomic E-state index is 13.6. The number of benzene rings is 3. The third-order valence-corrected chi connectivity index (χ3v) is 7.53. The molecule has 1 heterocycles. The van der Waals surface area contributed by atoms with Crippen LogP contribution in [0.2, 0.25) is 0 Å². The van der Waals surface area contributed by atoms with Crippen molar-refractivity contribution >= 4 is 38.9 Å². The minimum Gasteiger partial charge on any atom is -0.323 e. The molecule has 0 unspecified atom stereocenters. The molecule has 0 saturated carbocycles. The second-order valence-electron chi connectivity index (χ2n) is 8.14. The summed E-state index contributed by atoms with van der Waals surface area (Å²) in [7, 11) is -4.04. The molecule has 170 valence electrons. The molecular formula is C25H25N3O4S. The molecule has 0 spiro atoms. The van der Waals surface area contributed by atoms with E-state index < -0.39 is 22.5 Å². The monoisotopic (exact) mass is 463 g/mol. The van der Waals surface area contributed by atoms with Crippen molar-refractivity contribution in [2.75, 3.05) is 27.6 Å². The zero-order valence-corrected chi connectivity index (χ0v) is 19.5. The molecule has 7 nitrogen and oxygen atoms in total. The molecular weight excluding hydrogens is 438 g/mol. The van der Waals surface area contributed by atoms with Crippen molar-refractivity contribution in [2.24, 2.45) is 0 Å². The molecule has 0 aromatic heterocycles. The SMILES string of the molecule is Cc1ccc(S(=O)(=O)N(CC(=O)N2CC(=O)Nc3ccccc32)c2ccc(C)c(C)c2)cc1. The molecule has 0 saturated heterocycles. The van der Waals surface area contributed by atoms with Gasteiger partial charge in [0.1, 0.15) is 13.1 Å². The lowest BCUT2D eigenvalue weighted by Crippen LogP contribution is -2.48. The second kappa shape index (κ2) is 8.71. The molecule has 8 heteroatoms. The van der Waals surface area contributed by atoms with Crippen molar-refractivity contribution in [2.45, 2.75) is 25.7 Å². The molecule has 2 amide bonds. The van der Waals surface area contributed by atoms with E-state index in [2.05, 4.69) is 5.32 Å². The number of anilines is 3. The minimum atomic E-state index is -4.04. The van der Waals surface area contributed by atoms with Crippen molar-refractivity contribution in [3.63, 3.8) is 0 Å². The fourth-order valence-corrected chi connectivity index (χ4v) is 5.10. The number of hydrogen-bond donors (Lipinski definition) is 1. The fraction of sp³-hybridized carbons (Fsp3) is 0.200. The van der Waals surface area contributed by atoms with E-state index in [1.807, 2.05) is 26.8 Å². The number of nitrogens with zero attached hydrogens (tertiary/aromatic N) is 2. The van der Waals surface area contributed by atoms with E-state index in [0.717, 1.165) is 21.0 Å². The Morgan fingerprint density at radius 1 is 0.970 bits per heavy atom. The van der Waals surface area contributed by atoms with Crippen LogP contribution in [-0.4, -0.2) is 33.3 Å². The number of carbonyl (C=O) groups is 2. The molecule has 1 aliphatic heterocycles. The smallest absolute Gasteiger partial charge is 0.264 e. The highest BCUT2D eigenvalue weighted by atomic mass is 32.2. The normalized spacial score (nSPS) is 13.3. The maximum Gasteiger partial charge on any atom is 0.264 e. The summed E-state index contributed by atoms with van der Waals surface area (Å²) in [5.74, 6) is -0.826. The number of carbonyl (C=O) groups excluding carboxylic acids is 2. The van der Waals surface area contributed by atoms with Crippen LogP contribution in [0, 0.1) is 20.8 Å². The Morgan fingerprint density at radius 3 is 2.36 bits per heavy atom.